The fourth-order valence-electron chi connectivity index (χ4n) is 3.97. The number of aliphatic hydroxyl groups excluding tert-OH is 1. The summed E-state index contributed by atoms with van der Waals surface area (Å²) in [5.74, 6) is 0.402. The van der Waals surface area contributed by atoms with Crippen molar-refractivity contribution in [2.45, 2.75) is 56.8 Å². The summed E-state index contributed by atoms with van der Waals surface area (Å²) in [4.78, 5) is 0. The molecule has 1 aliphatic carbocycles. The monoisotopic (exact) mass is 416 g/mol. The number of hydrogen-bond donors (Lipinski definition) is 3. The average Bonchev–Trinajstić information content (AvgIpc) is 3.25. The van der Waals surface area contributed by atoms with Crippen molar-refractivity contribution in [1.29, 1.82) is 0 Å². The second kappa shape index (κ2) is 11.0. The SMILES string of the molecule is OCCCSCC(O)(O)Cc1cccc(C2CCCC2)c1OCc1ccccc1. The van der Waals surface area contributed by atoms with Gasteiger partial charge in [0, 0.05) is 18.8 Å². The Bertz CT molecular complexity index is 742. The van der Waals surface area contributed by atoms with Crippen molar-refractivity contribution in [2.75, 3.05) is 18.1 Å². The van der Waals surface area contributed by atoms with Crippen LogP contribution in [0.1, 0.15) is 54.7 Å². The van der Waals surface area contributed by atoms with E-state index >= 15 is 0 Å². The summed E-state index contributed by atoms with van der Waals surface area (Å²) in [5.41, 5.74) is 3.14. The lowest BCUT2D eigenvalue weighted by molar-refractivity contribution is -0.138. The first-order chi connectivity index (χ1) is 14.1. The highest BCUT2D eigenvalue weighted by molar-refractivity contribution is 7.99. The van der Waals surface area contributed by atoms with Gasteiger partial charge in [0.05, 0.1) is 0 Å². The predicted octanol–water partition coefficient (Wildman–Crippen LogP) is 4.26. The third-order valence-electron chi connectivity index (χ3n) is 5.40. The zero-order chi connectivity index (χ0) is 20.5. The molecule has 5 heteroatoms. The fraction of sp³-hybridized carbons (Fsp3) is 0.500. The van der Waals surface area contributed by atoms with Gasteiger partial charge in [-0.15, -0.1) is 0 Å². The smallest absolute Gasteiger partial charge is 0.176 e. The summed E-state index contributed by atoms with van der Waals surface area (Å²) in [6, 6.07) is 16.1. The van der Waals surface area contributed by atoms with Crippen molar-refractivity contribution in [1.82, 2.24) is 0 Å². The molecule has 0 atom stereocenters. The molecule has 0 spiro atoms. The van der Waals surface area contributed by atoms with Gasteiger partial charge in [0.2, 0.25) is 0 Å². The topological polar surface area (TPSA) is 69.9 Å². The Morgan fingerprint density at radius 2 is 1.76 bits per heavy atom. The molecule has 4 nitrogen and oxygen atoms in total. The van der Waals surface area contributed by atoms with E-state index in [2.05, 4.69) is 6.07 Å². The third kappa shape index (κ3) is 6.75. The first kappa shape index (κ1) is 22.2. The van der Waals surface area contributed by atoms with E-state index in [1.165, 1.54) is 30.2 Å². The van der Waals surface area contributed by atoms with E-state index in [0.29, 0.717) is 24.7 Å². The van der Waals surface area contributed by atoms with Crippen molar-refractivity contribution in [3.05, 3.63) is 65.2 Å². The first-order valence-electron chi connectivity index (χ1n) is 10.5. The second-order valence-corrected chi connectivity index (χ2v) is 8.99. The minimum absolute atomic E-state index is 0.123. The van der Waals surface area contributed by atoms with Crippen LogP contribution in [0.4, 0.5) is 0 Å². The van der Waals surface area contributed by atoms with E-state index in [1.54, 1.807) is 0 Å². The Morgan fingerprint density at radius 3 is 2.48 bits per heavy atom. The molecule has 1 saturated carbocycles. The molecule has 0 aliphatic heterocycles. The molecule has 2 aromatic rings. The van der Waals surface area contributed by atoms with Crippen molar-refractivity contribution in [3.63, 3.8) is 0 Å². The number of thioether (sulfide) groups is 1. The Labute approximate surface area is 177 Å². The highest BCUT2D eigenvalue weighted by Crippen LogP contribution is 2.41. The van der Waals surface area contributed by atoms with Gasteiger partial charge in [-0.05, 0) is 47.6 Å². The molecule has 0 unspecified atom stereocenters. The quantitative estimate of drug-likeness (QED) is 0.377. The molecular weight excluding hydrogens is 384 g/mol. The summed E-state index contributed by atoms with van der Waals surface area (Å²) < 4.78 is 6.29. The summed E-state index contributed by atoms with van der Waals surface area (Å²) >= 11 is 1.45. The molecule has 1 fully saturated rings. The molecule has 0 heterocycles. The van der Waals surface area contributed by atoms with Crippen molar-refractivity contribution in [3.8, 4) is 5.75 Å². The molecule has 0 amide bonds. The number of para-hydroxylation sites is 1. The van der Waals surface area contributed by atoms with E-state index in [1.807, 2.05) is 42.5 Å². The zero-order valence-electron chi connectivity index (χ0n) is 16.9. The van der Waals surface area contributed by atoms with Gasteiger partial charge < -0.3 is 20.1 Å². The van der Waals surface area contributed by atoms with Gasteiger partial charge >= 0.3 is 0 Å². The normalized spacial score (nSPS) is 15.0. The molecule has 0 radical (unpaired) electrons. The summed E-state index contributed by atoms with van der Waals surface area (Å²) in [5, 5.41) is 30.0. The van der Waals surface area contributed by atoms with Crippen LogP contribution in [0.25, 0.3) is 0 Å². The first-order valence-corrected chi connectivity index (χ1v) is 11.7. The maximum absolute atomic E-state index is 10.5. The van der Waals surface area contributed by atoms with Crippen LogP contribution < -0.4 is 4.74 Å². The van der Waals surface area contributed by atoms with Crippen LogP contribution >= 0.6 is 11.8 Å². The lowest BCUT2D eigenvalue weighted by atomic mass is 9.92. The van der Waals surface area contributed by atoms with Crippen LogP contribution in [0, 0.1) is 0 Å². The molecule has 3 rings (SSSR count). The molecule has 29 heavy (non-hydrogen) atoms. The minimum Gasteiger partial charge on any atom is -0.488 e. The van der Waals surface area contributed by atoms with E-state index < -0.39 is 5.79 Å². The van der Waals surface area contributed by atoms with Gasteiger partial charge in [0.25, 0.3) is 0 Å². The van der Waals surface area contributed by atoms with Crippen LogP contribution in [0.15, 0.2) is 48.5 Å². The molecular formula is C24H32O4S. The lowest BCUT2D eigenvalue weighted by Gasteiger charge is -2.25. The van der Waals surface area contributed by atoms with Gasteiger partial charge in [-0.25, -0.2) is 0 Å². The predicted molar refractivity (Wildman–Crippen MR) is 118 cm³/mol. The van der Waals surface area contributed by atoms with Gasteiger partial charge in [-0.2, -0.15) is 11.8 Å². The third-order valence-corrected chi connectivity index (χ3v) is 6.65. The van der Waals surface area contributed by atoms with E-state index in [9.17, 15) is 10.2 Å². The second-order valence-electron chi connectivity index (χ2n) is 7.88. The van der Waals surface area contributed by atoms with Crippen LogP contribution in [-0.2, 0) is 13.0 Å². The number of aliphatic hydroxyl groups is 3. The highest BCUT2D eigenvalue weighted by Gasteiger charge is 2.28. The Kier molecular flexibility index (Phi) is 8.42. The van der Waals surface area contributed by atoms with Crippen molar-refractivity contribution >= 4 is 11.8 Å². The number of benzene rings is 2. The summed E-state index contributed by atoms with van der Waals surface area (Å²) in [7, 11) is 0. The van der Waals surface area contributed by atoms with Gasteiger partial charge in [0.15, 0.2) is 5.79 Å². The largest absolute Gasteiger partial charge is 0.488 e. The zero-order valence-corrected chi connectivity index (χ0v) is 17.7. The van der Waals surface area contributed by atoms with Crippen molar-refractivity contribution in [2.24, 2.45) is 0 Å². The molecule has 2 aromatic carbocycles. The van der Waals surface area contributed by atoms with Gasteiger partial charge in [-0.1, -0.05) is 61.4 Å². The van der Waals surface area contributed by atoms with Crippen LogP contribution in [0.2, 0.25) is 0 Å². The lowest BCUT2D eigenvalue weighted by Crippen LogP contribution is -2.34. The van der Waals surface area contributed by atoms with Gasteiger partial charge in [0.1, 0.15) is 12.4 Å². The van der Waals surface area contributed by atoms with E-state index in [4.69, 9.17) is 9.84 Å². The number of hydrogen-bond acceptors (Lipinski definition) is 5. The standard InChI is InChI=1S/C24H32O4S/c25-14-7-15-29-18-24(26,27)16-21-12-6-13-22(20-10-4-5-11-20)23(21)28-17-19-8-2-1-3-9-19/h1-3,6,8-9,12-13,20,25-27H,4-5,7,10-11,14-18H2. The van der Waals surface area contributed by atoms with Crippen LogP contribution in [-0.4, -0.2) is 39.2 Å². The fourth-order valence-corrected chi connectivity index (χ4v) is 4.87. The van der Waals surface area contributed by atoms with Crippen molar-refractivity contribution < 1.29 is 20.1 Å². The Balaban J connectivity index is 1.78. The van der Waals surface area contributed by atoms with Crippen LogP contribution in [0.3, 0.4) is 0 Å². The van der Waals surface area contributed by atoms with Gasteiger partial charge in [-0.3, -0.25) is 0 Å². The van der Waals surface area contributed by atoms with E-state index in [-0.39, 0.29) is 18.8 Å². The molecule has 3 N–H and O–H groups in total. The highest BCUT2D eigenvalue weighted by atomic mass is 32.2. The maximum atomic E-state index is 10.5. The molecule has 0 bridgehead atoms. The average molecular weight is 417 g/mol. The van der Waals surface area contributed by atoms with E-state index in [0.717, 1.165) is 29.7 Å². The molecule has 158 valence electrons. The summed E-state index contributed by atoms with van der Waals surface area (Å²) in [6.45, 7) is 0.588. The number of ether oxygens (including phenoxy) is 1. The molecule has 1 aliphatic rings. The molecule has 0 saturated heterocycles. The summed E-state index contributed by atoms with van der Waals surface area (Å²) in [6.07, 6.45) is 5.57. The van der Waals surface area contributed by atoms with Crippen LogP contribution in [0.5, 0.6) is 5.75 Å². The molecule has 0 aromatic heterocycles. The minimum atomic E-state index is -1.81. The maximum Gasteiger partial charge on any atom is 0.176 e. The Morgan fingerprint density at radius 1 is 1.00 bits per heavy atom. The Hall–Kier alpha value is -1.53. The number of rotatable bonds is 11.